The molecule has 15 heavy (non-hydrogen) atoms. The molecule has 0 amide bonds. The summed E-state index contributed by atoms with van der Waals surface area (Å²) in [6, 6.07) is 9.35. The van der Waals surface area contributed by atoms with E-state index in [0.717, 1.165) is 17.3 Å². The largest absolute Gasteiger partial charge is 0.465 e. The maximum absolute atomic E-state index is 5.56. The highest BCUT2D eigenvalue weighted by molar-refractivity contribution is 5.42. The molecule has 0 aliphatic rings. The van der Waals surface area contributed by atoms with Crippen molar-refractivity contribution in [2.45, 2.75) is 13.5 Å². The molecule has 0 radical (unpaired) electrons. The van der Waals surface area contributed by atoms with Crippen molar-refractivity contribution in [3.63, 3.8) is 0 Å². The molecule has 4 heteroatoms. The molecule has 0 unspecified atom stereocenters. The molecular weight excluding hydrogens is 190 g/mol. The Labute approximate surface area is 88.1 Å². The fraction of sp³-hybridized carbons (Fsp3) is 0.182. The van der Waals surface area contributed by atoms with E-state index in [1.807, 2.05) is 31.2 Å². The first-order valence-corrected chi connectivity index (χ1v) is 4.76. The first-order valence-electron chi connectivity index (χ1n) is 4.76. The van der Waals surface area contributed by atoms with Crippen LogP contribution in [0.15, 0.2) is 34.7 Å². The van der Waals surface area contributed by atoms with E-state index in [1.165, 1.54) is 0 Å². The average molecular weight is 203 g/mol. The standard InChI is InChI=1S/C11H13N3O/c1-8-5-6-9(15-8)7-13-11-4-2-3-10(12)14-11/h2-6H,7H2,1H3,(H3,12,13,14). The summed E-state index contributed by atoms with van der Waals surface area (Å²) in [6.07, 6.45) is 0. The Bertz CT molecular complexity index is 451. The minimum atomic E-state index is 0.510. The van der Waals surface area contributed by atoms with E-state index in [-0.39, 0.29) is 0 Å². The summed E-state index contributed by atoms with van der Waals surface area (Å²) in [5, 5.41) is 3.13. The van der Waals surface area contributed by atoms with Crippen molar-refractivity contribution in [2.75, 3.05) is 11.1 Å². The number of aromatic nitrogens is 1. The second kappa shape index (κ2) is 4.04. The number of anilines is 2. The van der Waals surface area contributed by atoms with E-state index in [0.29, 0.717) is 12.4 Å². The van der Waals surface area contributed by atoms with Crippen LogP contribution in [0.25, 0.3) is 0 Å². The summed E-state index contributed by atoms with van der Waals surface area (Å²) >= 11 is 0. The second-order valence-corrected chi connectivity index (χ2v) is 3.31. The van der Waals surface area contributed by atoms with E-state index in [4.69, 9.17) is 10.2 Å². The van der Waals surface area contributed by atoms with Crippen molar-refractivity contribution >= 4 is 11.6 Å². The number of hydrogen-bond acceptors (Lipinski definition) is 4. The summed E-state index contributed by atoms with van der Waals surface area (Å²) in [5.74, 6) is 3.06. The summed E-state index contributed by atoms with van der Waals surface area (Å²) in [7, 11) is 0. The van der Waals surface area contributed by atoms with E-state index in [9.17, 15) is 0 Å². The molecule has 0 aromatic carbocycles. The molecule has 0 spiro atoms. The maximum Gasteiger partial charge on any atom is 0.128 e. The van der Waals surface area contributed by atoms with Gasteiger partial charge in [0.1, 0.15) is 23.2 Å². The molecule has 2 heterocycles. The van der Waals surface area contributed by atoms with Gasteiger partial charge < -0.3 is 15.5 Å². The van der Waals surface area contributed by atoms with Crippen LogP contribution < -0.4 is 11.1 Å². The first-order chi connectivity index (χ1) is 7.24. The van der Waals surface area contributed by atoms with Crippen molar-refractivity contribution in [2.24, 2.45) is 0 Å². The Balaban J connectivity index is 1.99. The third-order valence-corrected chi connectivity index (χ3v) is 2.01. The normalized spacial score (nSPS) is 10.2. The Morgan fingerprint density at radius 2 is 2.20 bits per heavy atom. The summed E-state index contributed by atoms with van der Waals surface area (Å²) in [4.78, 5) is 4.12. The van der Waals surface area contributed by atoms with Crippen molar-refractivity contribution in [1.82, 2.24) is 4.98 Å². The zero-order valence-electron chi connectivity index (χ0n) is 8.53. The molecule has 3 N–H and O–H groups in total. The molecule has 0 aliphatic heterocycles. The van der Waals surface area contributed by atoms with Crippen molar-refractivity contribution in [3.8, 4) is 0 Å². The Morgan fingerprint density at radius 1 is 1.33 bits per heavy atom. The predicted octanol–water partition coefficient (Wildman–Crippen LogP) is 2.18. The van der Waals surface area contributed by atoms with Gasteiger partial charge in [0, 0.05) is 0 Å². The molecular formula is C11H13N3O. The highest BCUT2D eigenvalue weighted by Crippen LogP contribution is 2.10. The van der Waals surface area contributed by atoms with Crippen LogP contribution in [0.5, 0.6) is 0 Å². The number of rotatable bonds is 3. The van der Waals surface area contributed by atoms with Crippen LogP contribution in [0.3, 0.4) is 0 Å². The second-order valence-electron chi connectivity index (χ2n) is 3.31. The first kappa shape index (κ1) is 9.58. The zero-order valence-corrected chi connectivity index (χ0v) is 8.53. The minimum absolute atomic E-state index is 0.510. The lowest BCUT2D eigenvalue weighted by Gasteiger charge is -2.03. The van der Waals surface area contributed by atoms with E-state index in [1.54, 1.807) is 6.07 Å². The van der Waals surface area contributed by atoms with Crippen molar-refractivity contribution < 1.29 is 4.42 Å². The van der Waals surface area contributed by atoms with Gasteiger partial charge in [0.25, 0.3) is 0 Å². The van der Waals surface area contributed by atoms with Gasteiger partial charge in [-0.25, -0.2) is 4.98 Å². The van der Waals surface area contributed by atoms with Gasteiger partial charge in [-0.05, 0) is 31.2 Å². The van der Waals surface area contributed by atoms with Crippen molar-refractivity contribution in [1.29, 1.82) is 0 Å². The monoisotopic (exact) mass is 203 g/mol. The Morgan fingerprint density at radius 3 is 2.87 bits per heavy atom. The Kier molecular flexibility index (Phi) is 2.58. The van der Waals surface area contributed by atoms with Gasteiger partial charge in [-0.3, -0.25) is 0 Å². The third-order valence-electron chi connectivity index (χ3n) is 2.01. The van der Waals surface area contributed by atoms with Gasteiger partial charge in [-0.15, -0.1) is 0 Å². The number of nitrogens with one attached hydrogen (secondary N) is 1. The van der Waals surface area contributed by atoms with Gasteiger partial charge in [0.15, 0.2) is 0 Å². The molecule has 2 rings (SSSR count). The number of hydrogen-bond donors (Lipinski definition) is 2. The number of pyridine rings is 1. The molecule has 0 aliphatic carbocycles. The predicted molar refractivity (Wildman–Crippen MR) is 59.4 cm³/mol. The molecule has 0 bridgehead atoms. The topological polar surface area (TPSA) is 64.1 Å². The maximum atomic E-state index is 5.56. The van der Waals surface area contributed by atoms with Crippen LogP contribution >= 0.6 is 0 Å². The summed E-state index contributed by atoms with van der Waals surface area (Å²) < 4.78 is 5.41. The summed E-state index contributed by atoms with van der Waals surface area (Å²) in [6.45, 7) is 2.53. The van der Waals surface area contributed by atoms with Crippen LogP contribution in [0.4, 0.5) is 11.6 Å². The van der Waals surface area contributed by atoms with Crippen molar-refractivity contribution in [3.05, 3.63) is 41.9 Å². The van der Waals surface area contributed by atoms with E-state index in [2.05, 4.69) is 10.3 Å². The lowest BCUT2D eigenvalue weighted by Crippen LogP contribution is -2.01. The van der Waals surface area contributed by atoms with Gasteiger partial charge in [-0.2, -0.15) is 0 Å². The fourth-order valence-corrected chi connectivity index (χ4v) is 1.31. The average Bonchev–Trinajstić information content (AvgIpc) is 2.62. The fourth-order valence-electron chi connectivity index (χ4n) is 1.31. The highest BCUT2D eigenvalue weighted by atomic mass is 16.3. The van der Waals surface area contributed by atoms with E-state index < -0.39 is 0 Å². The van der Waals surface area contributed by atoms with Gasteiger partial charge in [-0.1, -0.05) is 6.07 Å². The minimum Gasteiger partial charge on any atom is -0.465 e. The molecule has 0 fully saturated rings. The zero-order chi connectivity index (χ0) is 10.7. The summed E-state index contributed by atoms with van der Waals surface area (Å²) in [5.41, 5.74) is 5.56. The van der Waals surface area contributed by atoms with Crippen LogP contribution in [0.1, 0.15) is 11.5 Å². The number of aryl methyl sites for hydroxylation is 1. The van der Waals surface area contributed by atoms with Crippen LogP contribution in [-0.4, -0.2) is 4.98 Å². The molecule has 0 saturated carbocycles. The van der Waals surface area contributed by atoms with Gasteiger partial charge in [0.2, 0.25) is 0 Å². The quantitative estimate of drug-likeness (QED) is 0.802. The van der Waals surface area contributed by atoms with Crippen LogP contribution in [0, 0.1) is 6.92 Å². The number of furan rings is 1. The van der Waals surface area contributed by atoms with E-state index >= 15 is 0 Å². The van der Waals surface area contributed by atoms with Crippen LogP contribution in [0.2, 0.25) is 0 Å². The third kappa shape index (κ3) is 2.49. The highest BCUT2D eigenvalue weighted by Gasteiger charge is 1.99. The number of nitrogens with zero attached hydrogens (tertiary/aromatic N) is 1. The lowest BCUT2D eigenvalue weighted by molar-refractivity contribution is 0.490. The molecule has 0 saturated heterocycles. The smallest absolute Gasteiger partial charge is 0.128 e. The SMILES string of the molecule is Cc1ccc(CNc2cccc(N)n2)o1. The lowest BCUT2D eigenvalue weighted by atomic mass is 10.4. The number of nitrogen functional groups attached to an aromatic ring is 1. The molecule has 78 valence electrons. The molecule has 2 aromatic rings. The Hall–Kier alpha value is -1.97. The molecule has 4 nitrogen and oxygen atoms in total. The van der Waals surface area contributed by atoms with Gasteiger partial charge >= 0.3 is 0 Å². The molecule has 0 atom stereocenters. The van der Waals surface area contributed by atoms with Gasteiger partial charge in [0.05, 0.1) is 6.54 Å². The number of nitrogens with two attached hydrogens (primary N) is 1. The molecule has 2 aromatic heterocycles. The van der Waals surface area contributed by atoms with Crippen LogP contribution in [-0.2, 0) is 6.54 Å².